The number of nitrogens with one attached hydrogen (secondary N) is 1. The molecule has 2 rings (SSSR count). The summed E-state index contributed by atoms with van der Waals surface area (Å²) in [4.78, 5) is 6.80. The molecule has 0 unspecified atom stereocenters. The van der Waals surface area contributed by atoms with Gasteiger partial charge in [-0.05, 0) is 26.0 Å². The molecule has 0 amide bonds. The van der Waals surface area contributed by atoms with Crippen LogP contribution in [0.3, 0.4) is 0 Å². The Morgan fingerprint density at radius 1 is 1.38 bits per heavy atom. The summed E-state index contributed by atoms with van der Waals surface area (Å²) in [7, 11) is 0. The Bertz CT molecular complexity index is 645. The van der Waals surface area contributed by atoms with Crippen LogP contribution in [0.25, 0.3) is 10.9 Å². The quantitative estimate of drug-likeness (QED) is 0.629. The maximum atomic E-state index is 8.78. The number of hydrogen-bond acceptors (Lipinski definition) is 5. The minimum Gasteiger partial charge on any atom is -0.308 e. The van der Waals surface area contributed by atoms with Gasteiger partial charge < -0.3 is 5.43 Å². The number of nitrogen functional groups attached to an aromatic ring is 1. The first-order valence-electron chi connectivity index (χ1n) is 7.12. The number of nitrogens with two attached hydrogens (primary N) is 1. The van der Waals surface area contributed by atoms with Crippen LogP contribution >= 0.6 is 0 Å². The molecule has 0 aliphatic heterocycles. The van der Waals surface area contributed by atoms with Gasteiger partial charge in [-0.15, -0.1) is 0 Å². The van der Waals surface area contributed by atoms with Gasteiger partial charge in [0.25, 0.3) is 0 Å². The molecule has 5 nitrogen and oxygen atoms in total. The van der Waals surface area contributed by atoms with E-state index in [0.717, 1.165) is 29.6 Å². The van der Waals surface area contributed by atoms with E-state index in [1.165, 1.54) is 0 Å². The van der Waals surface area contributed by atoms with Crippen molar-refractivity contribution in [2.45, 2.75) is 32.9 Å². The molecule has 0 fully saturated rings. The van der Waals surface area contributed by atoms with Crippen LogP contribution in [-0.2, 0) is 6.54 Å². The Kier molecular flexibility index (Phi) is 5.09. The van der Waals surface area contributed by atoms with E-state index in [4.69, 9.17) is 11.1 Å². The standard InChI is InChI=1S/C16H21N5/c1-12(2)21(9-5-8-17)11-14-10-13-6-3-4-7-15(13)19-16(14)20-18/h3-4,6-7,10,12H,5,9,11,18H2,1-2H3,(H,19,20). The highest BCUT2D eigenvalue weighted by atomic mass is 15.3. The number of benzene rings is 1. The minimum absolute atomic E-state index is 0.357. The van der Waals surface area contributed by atoms with E-state index in [2.05, 4.69) is 41.3 Å². The lowest BCUT2D eigenvalue weighted by Crippen LogP contribution is -2.31. The van der Waals surface area contributed by atoms with Gasteiger partial charge in [-0.25, -0.2) is 10.8 Å². The summed E-state index contributed by atoms with van der Waals surface area (Å²) in [6, 6.07) is 12.6. The van der Waals surface area contributed by atoms with Gasteiger partial charge in [0.1, 0.15) is 5.82 Å². The van der Waals surface area contributed by atoms with E-state index < -0.39 is 0 Å². The number of para-hydroxylation sites is 1. The van der Waals surface area contributed by atoms with Crippen molar-refractivity contribution in [3.63, 3.8) is 0 Å². The topological polar surface area (TPSA) is 78.0 Å². The summed E-state index contributed by atoms with van der Waals surface area (Å²) >= 11 is 0. The van der Waals surface area contributed by atoms with Crippen molar-refractivity contribution in [2.75, 3.05) is 12.0 Å². The fourth-order valence-corrected chi connectivity index (χ4v) is 2.34. The van der Waals surface area contributed by atoms with Crippen molar-refractivity contribution in [3.05, 3.63) is 35.9 Å². The van der Waals surface area contributed by atoms with E-state index in [9.17, 15) is 0 Å². The van der Waals surface area contributed by atoms with Gasteiger partial charge in [0.15, 0.2) is 0 Å². The summed E-state index contributed by atoms with van der Waals surface area (Å²) in [5.41, 5.74) is 4.65. The third-order valence-corrected chi connectivity index (χ3v) is 3.55. The minimum atomic E-state index is 0.357. The number of pyridine rings is 1. The summed E-state index contributed by atoms with van der Waals surface area (Å²) in [6.45, 7) is 5.71. The molecular weight excluding hydrogens is 262 g/mol. The average Bonchev–Trinajstić information content (AvgIpc) is 2.50. The van der Waals surface area contributed by atoms with Gasteiger partial charge in [0, 0.05) is 36.5 Å². The fourth-order valence-electron chi connectivity index (χ4n) is 2.34. The molecular formula is C16H21N5. The molecule has 1 heterocycles. The van der Waals surface area contributed by atoms with Crippen molar-refractivity contribution >= 4 is 16.7 Å². The summed E-state index contributed by atoms with van der Waals surface area (Å²) in [5, 5.41) is 9.88. The highest BCUT2D eigenvalue weighted by Gasteiger charge is 2.13. The molecule has 110 valence electrons. The van der Waals surface area contributed by atoms with Gasteiger partial charge in [-0.3, -0.25) is 4.90 Å². The molecule has 3 N–H and O–H groups in total. The van der Waals surface area contributed by atoms with Crippen molar-refractivity contribution < 1.29 is 0 Å². The van der Waals surface area contributed by atoms with Crippen molar-refractivity contribution in [1.82, 2.24) is 9.88 Å². The number of fused-ring (bicyclic) bond motifs is 1. The second-order valence-corrected chi connectivity index (χ2v) is 5.31. The fraction of sp³-hybridized carbons (Fsp3) is 0.375. The zero-order chi connectivity index (χ0) is 15.2. The number of hydrogen-bond donors (Lipinski definition) is 2. The van der Waals surface area contributed by atoms with Crippen LogP contribution in [0.2, 0.25) is 0 Å². The zero-order valence-corrected chi connectivity index (χ0v) is 12.5. The number of aromatic nitrogens is 1. The predicted octanol–water partition coefficient (Wildman–Crippen LogP) is 2.64. The lowest BCUT2D eigenvalue weighted by Gasteiger charge is -2.26. The molecule has 0 atom stereocenters. The second-order valence-electron chi connectivity index (χ2n) is 5.31. The Labute approximate surface area is 125 Å². The first-order chi connectivity index (χ1) is 10.2. The SMILES string of the molecule is CC(C)N(CCC#N)Cc1cc2ccccc2nc1NN. The third-order valence-electron chi connectivity index (χ3n) is 3.55. The molecule has 1 aromatic heterocycles. The maximum Gasteiger partial charge on any atom is 0.145 e. The molecule has 0 radical (unpaired) electrons. The van der Waals surface area contributed by atoms with E-state index in [0.29, 0.717) is 18.3 Å². The normalized spacial score (nSPS) is 11.0. The van der Waals surface area contributed by atoms with Crippen LogP contribution in [-0.4, -0.2) is 22.5 Å². The van der Waals surface area contributed by atoms with Crippen LogP contribution < -0.4 is 11.3 Å². The highest BCUT2D eigenvalue weighted by Crippen LogP contribution is 2.22. The van der Waals surface area contributed by atoms with Gasteiger partial charge in [0.2, 0.25) is 0 Å². The molecule has 0 aliphatic carbocycles. The first kappa shape index (κ1) is 15.2. The van der Waals surface area contributed by atoms with Crippen molar-refractivity contribution in [1.29, 1.82) is 5.26 Å². The second kappa shape index (κ2) is 7.02. The molecule has 2 aromatic rings. The Morgan fingerprint density at radius 3 is 2.81 bits per heavy atom. The zero-order valence-electron chi connectivity index (χ0n) is 12.5. The Morgan fingerprint density at radius 2 is 2.14 bits per heavy atom. The maximum absolute atomic E-state index is 8.78. The Balaban J connectivity index is 2.32. The van der Waals surface area contributed by atoms with Gasteiger partial charge in [0.05, 0.1) is 11.6 Å². The molecule has 0 bridgehead atoms. The lowest BCUT2D eigenvalue weighted by molar-refractivity contribution is 0.218. The Hall–Kier alpha value is -2.16. The van der Waals surface area contributed by atoms with Crippen LogP contribution in [0.15, 0.2) is 30.3 Å². The van der Waals surface area contributed by atoms with E-state index in [1.807, 2.05) is 24.3 Å². The molecule has 0 aliphatic rings. The summed E-state index contributed by atoms with van der Waals surface area (Å²) in [5.74, 6) is 6.30. The van der Waals surface area contributed by atoms with Crippen molar-refractivity contribution in [3.8, 4) is 6.07 Å². The van der Waals surface area contributed by atoms with E-state index >= 15 is 0 Å². The van der Waals surface area contributed by atoms with E-state index in [1.54, 1.807) is 0 Å². The van der Waals surface area contributed by atoms with Crippen molar-refractivity contribution in [2.24, 2.45) is 5.84 Å². The van der Waals surface area contributed by atoms with Crippen LogP contribution in [0.1, 0.15) is 25.8 Å². The van der Waals surface area contributed by atoms with Gasteiger partial charge >= 0.3 is 0 Å². The number of nitrogens with zero attached hydrogens (tertiary/aromatic N) is 3. The largest absolute Gasteiger partial charge is 0.308 e. The molecule has 21 heavy (non-hydrogen) atoms. The lowest BCUT2D eigenvalue weighted by atomic mass is 10.1. The monoisotopic (exact) mass is 283 g/mol. The number of nitriles is 1. The third kappa shape index (κ3) is 3.69. The molecule has 0 saturated carbocycles. The molecule has 0 spiro atoms. The number of hydrazine groups is 1. The van der Waals surface area contributed by atoms with Gasteiger partial charge in [-0.1, -0.05) is 18.2 Å². The van der Waals surface area contributed by atoms with E-state index in [-0.39, 0.29) is 0 Å². The number of rotatable bonds is 6. The predicted molar refractivity (Wildman–Crippen MR) is 85.3 cm³/mol. The summed E-state index contributed by atoms with van der Waals surface area (Å²) in [6.07, 6.45) is 0.518. The number of anilines is 1. The average molecular weight is 283 g/mol. The van der Waals surface area contributed by atoms with Gasteiger partial charge in [-0.2, -0.15) is 5.26 Å². The smallest absolute Gasteiger partial charge is 0.145 e. The summed E-state index contributed by atoms with van der Waals surface area (Å²) < 4.78 is 0. The molecule has 5 heteroatoms. The molecule has 1 aromatic carbocycles. The molecule has 0 saturated heterocycles. The van der Waals surface area contributed by atoms with Crippen LogP contribution in [0.4, 0.5) is 5.82 Å². The van der Waals surface area contributed by atoms with Crippen LogP contribution in [0, 0.1) is 11.3 Å². The highest BCUT2D eigenvalue weighted by molar-refractivity contribution is 5.81. The van der Waals surface area contributed by atoms with Crippen LogP contribution in [0.5, 0.6) is 0 Å². The first-order valence-corrected chi connectivity index (χ1v) is 7.12.